The van der Waals surface area contributed by atoms with Crippen LogP contribution in [0.2, 0.25) is 0 Å². The molecule has 0 aromatic carbocycles. The lowest BCUT2D eigenvalue weighted by atomic mass is 10.0. The normalized spacial score (nSPS) is 19.4. The second-order valence-corrected chi connectivity index (χ2v) is 5.15. The Morgan fingerprint density at radius 3 is 2.90 bits per heavy atom. The topological polar surface area (TPSA) is 96.6 Å². The number of carboxylic acid groups (broad SMARTS) is 1. The van der Waals surface area contributed by atoms with E-state index in [0.29, 0.717) is 19.0 Å². The highest BCUT2D eigenvalue weighted by Gasteiger charge is 2.25. The number of hydrogen-bond donors (Lipinski definition) is 1. The van der Waals surface area contributed by atoms with Crippen molar-refractivity contribution in [3.05, 3.63) is 27.9 Å². The third-order valence-electron chi connectivity index (χ3n) is 3.61. The Morgan fingerprint density at radius 1 is 1.50 bits per heavy atom. The molecular formula is C13H17N3O4. The van der Waals surface area contributed by atoms with Gasteiger partial charge in [-0.15, -0.1) is 0 Å². The van der Waals surface area contributed by atoms with E-state index in [2.05, 4.69) is 11.9 Å². The standard InChI is InChI=1S/C13H17N3O4/c1-9-3-2-5-15(6-4-9)12-11(16(19)20)7-10(8-14-12)13(17)18/h7-9H,2-6H2,1H3,(H,17,18). The van der Waals surface area contributed by atoms with E-state index in [1.807, 2.05) is 4.90 Å². The zero-order chi connectivity index (χ0) is 14.7. The van der Waals surface area contributed by atoms with E-state index in [1.54, 1.807) is 0 Å². The van der Waals surface area contributed by atoms with Crippen LogP contribution < -0.4 is 4.90 Å². The van der Waals surface area contributed by atoms with E-state index >= 15 is 0 Å². The van der Waals surface area contributed by atoms with Gasteiger partial charge in [0.05, 0.1) is 10.5 Å². The molecule has 0 spiro atoms. The van der Waals surface area contributed by atoms with Gasteiger partial charge in [-0.3, -0.25) is 10.1 Å². The van der Waals surface area contributed by atoms with E-state index in [1.165, 1.54) is 6.20 Å². The Morgan fingerprint density at radius 2 is 2.25 bits per heavy atom. The number of carboxylic acids is 1. The molecule has 7 heteroatoms. The van der Waals surface area contributed by atoms with Gasteiger partial charge in [0.15, 0.2) is 0 Å². The van der Waals surface area contributed by atoms with Crippen molar-refractivity contribution in [1.29, 1.82) is 0 Å². The molecule has 20 heavy (non-hydrogen) atoms. The molecule has 1 aliphatic rings. The summed E-state index contributed by atoms with van der Waals surface area (Å²) in [5.74, 6) is -0.344. The van der Waals surface area contributed by atoms with Crippen molar-refractivity contribution in [2.24, 2.45) is 5.92 Å². The van der Waals surface area contributed by atoms with E-state index in [0.717, 1.165) is 25.3 Å². The Bertz CT molecular complexity index is 532. The van der Waals surface area contributed by atoms with Crippen LogP contribution >= 0.6 is 0 Å². The highest BCUT2D eigenvalue weighted by molar-refractivity contribution is 5.88. The quantitative estimate of drug-likeness (QED) is 0.673. The summed E-state index contributed by atoms with van der Waals surface area (Å²) in [5, 5.41) is 20.0. The second kappa shape index (κ2) is 5.85. The molecular weight excluding hydrogens is 262 g/mol. The zero-order valence-electron chi connectivity index (χ0n) is 11.3. The van der Waals surface area contributed by atoms with Crippen molar-refractivity contribution in [2.45, 2.75) is 26.2 Å². The van der Waals surface area contributed by atoms with Crippen molar-refractivity contribution in [2.75, 3.05) is 18.0 Å². The van der Waals surface area contributed by atoms with Crippen LogP contribution in [0.5, 0.6) is 0 Å². The molecule has 7 nitrogen and oxygen atoms in total. The molecule has 2 rings (SSSR count). The van der Waals surface area contributed by atoms with Crippen LogP contribution in [0.1, 0.15) is 36.5 Å². The molecule has 1 unspecified atom stereocenters. The van der Waals surface area contributed by atoms with E-state index in [4.69, 9.17) is 5.11 Å². The van der Waals surface area contributed by atoms with Gasteiger partial charge in [-0.25, -0.2) is 9.78 Å². The molecule has 2 heterocycles. The maximum atomic E-state index is 11.1. The van der Waals surface area contributed by atoms with Gasteiger partial charge in [-0.05, 0) is 25.2 Å². The van der Waals surface area contributed by atoms with Gasteiger partial charge >= 0.3 is 11.7 Å². The predicted octanol–water partition coefficient (Wildman–Crippen LogP) is 2.31. The summed E-state index contributed by atoms with van der Waals surface area (Å²) >= 11 is 0. The number of rotatable bonds is 3. The summed E-state index contributed by atoms with van der Waals surface area (Å²) in [6.07, 6.45) is 4.19. The molecule has 1 aliphatic heterocycles. The van der Waals surface area contributed by atoms with E-state index in [9.17, 15) is 14.9 Å². The number of nitrogens with zero attached hydrogens (tertiary/aromatic N) is 3. The average Bonchev–Trinajstić information content (AvgIpc) is 2.62. The first-order valence-electron chi connectivity index (χ1n) is 6.61. The molecule has 0 saturated carbocycles. The lowest BCUT2D eigenvalue weighted by Crippen LogP contribution is -2.26. The molecule has 0 bridgehead atoms. The highest BCUT2D eigenvalue weighted by Crippen LogP contribution is 2.29. The van der Waals surface area contributed by atoms with Crippen molar-refractivity contribution < 1.29 is 14.8 Å². The number of pyridine rings is 1. The van der Waals surface area contributed by atoms with Crippen LogP contribution in [-0.4, -0.2) is 34.1 Å². The third-order valence-corrected chi connectivity index (χ3v) is 3.61. The number of aromatic nitrogens is 1. The van der Waals surface area contributed by atoms with Crippen LogP contribution in [0.15, 0.2) is 12.3 Å². The van der Waals surface area contributed by atoms with Crippen LogP contribution in [0, 0.1) is 16.0 Å². The SMILES string of the molecule is CC1CCCN(c2ncc(C(=O)O)cc2[N+](=O)[O-])CC1. The molecule has 1 fully saturated rings. The minimum absolute atomic E-state index is 0.163. The summed E-state index contributed by atoms with van der Waals surface area (Å²) in [7, 11) is 0. The fourth-order valence-corrected chi connectivity index (χ4v) is 2.42. The summed E-state index contributed by atoms with van der Waals surface area (Å²) in [6.45, 7) is 3.59. The Hall–Kier alpha value is -2.18. The van der Waals surface area contributed by atoms with Gasteiger partial charge in [0, 0.05) is 25.4 Å². The van der Waals surface area contributed by atoms with Gasteiger partial charge < -0.3 is 10.0 Å². The van der Waals surface area contributed by atoms with Crippen molar-refractivity contribution >= 4 is 17.5 Å². The fraction of sp³-hybridized carbons (Fsp3) is 0.538. The number of anilines is 1. The minimum atomic E-state index is -1.21. The fourth-order valence-electron chi connectivity index (χ4n) is 2.42. The molecule has 1 N–H and O–H groups in total. The first kappa shape index (κ1) is 14.2. The molecule has 0 aliphatic carbocycles. The number of carbonyl (C=O) groups is 1. The van der Waals surface area contributed by atoms with Crippen molar-refractivity contribution in [1.82, 2.24) is 4.98 Å². The monoisotopic (exact) mass is 279 g/mol. The molecule has 1 aromatic heterocycles. The van der Waals surface area contributed by atoms with Crippen LogP contribution in [0.25, 0.3) is 0 Å². The number of hydrogen-bond acceptors (Lipinski definition) is 5. The molecule has 1 aromatic rings. The zero-order valence-corrected chi connectivity index (χ0v) is 11.3. The molecule has 108 valence electrons. The summed E-state index contributed by atoms with van der Waals surface area (Å²) in [5.41, 5.74) is -0.400. The van der Waals surface area contributed by atoms with Gasteiger partial charge in [-0.1, -0.05) is 6.92 Å². The number of nitro groups is 1. The van der Waals surface area contributed by atoms with E-state index < -0.39 is 10.9 Å². The maximum absolute atomic E-state index is 11.1. The third kappa shape index (κ3) is 3.04. The van der Waals surface area contributed by atoms with Gasteiger partial charge in [0.1, 0.15) is 0 Å². The lowest BCUT2D eigenvalue weighted by molar-refractivity contribution is -0.384. The maximum Gasteiger partial charge on any atom is 0.337 e. The Balaban J connectivity index is 2.35. The highest BCUT2D eigenvalue weighted by atomic mass is 16.6. The van der Waals surface area contributed by atoms with E-state index in [-0.39, 0.29) is 17.1 Å². The first-order chi connectivity index (χ1) is 9.49. The summed E-state index contributed by atoms with van der Waals surface area (Å²) in [4.78, 5) is 27.4. The number of aromatic carboxylic acids is 1. The van der Waals surface area contributed by atoms with Gasteiger partial charge in [0.25, 0.3) is 0 Å². The van der Waals surface area contributed by atoms with Crippen LogP contribution in [0.3, 0.4) is 0 Å². The average molecular weight is 279 g/mol. The Kier molecular flexibility index (Phi) is 4.16. The van der Waals surface area contributed by atoms with Crippen LogP contribution in [-0.2, 0) is 0 Å². The smallest absolute Gasteiger partial charge is 0.337 e. The Labute approximate surface area is 116 Å². The lowest BCUT2D eigenvalue weighted by Gasteiger charge is -2.21. The predicted molar refractivity (Wildman–Crippen MR) is 73.1 cm³/mol. The molecule has 0 radical (unpaired) electrons. The largest absolute Gasteiger partial charge is 0.478 e. The summed E-state index contributed by atoms with van der Waals surface area (Å²) in [6, 6.07) is 1.08. The van der Waals surface area contributed by atoms with Gasteiger partial charge in [0.2, 0.25) is 5.82 Å². The minimum Gasteiger partial charge on any atom is -0.478 e. The van der Waals surface area contributed by atoms with Crippen molar-refractivity contribution in [3.8, 4) is 0 Å². The second-order valence-electron chi connectivity index (χ2n) is 5.15. The summed E-state index contributed by atoms with van der Waals surface area (Å²) < 4.78 is 0. The van der Waals surface area contributed by atoms with Crippen molar-refractivity contribution in [3.63, 3.8) is 0 Å². The molecule has 1 saturated heterocycles. The van der Waals surface area contributed by atoms with Gasteiger partial charge in [-0.2, -0.15) is 0 Å². The first-order valence-corrected chi connectivity index (χ1v) is 6.61. The van der Waals surface area contributed by atoms with Crippen LogP contribution in [0.4, 0.5) is 11.5 Å². The molecule has 1 atom stereocenters. The molecule has 0 amide bonds.